The van der Waals surface area contributed by atoms with Crippen molar-refractivity contribution in [2.75, 3.05) is 32.8 Å². The maximum absolute atomic E-state index is 12.2. The van der Waals surface area contributed by atoms with Crippen LogP contribution in [0.4, 0.5) is 13.6 Å². The molecule has 1 aliphatic rings. The van der Waals surface area contributed by atoms with Gasteiger partial charge in [-0.15, -0.1) is 0 Å². The zero-order valence-electron chi connectivity index (χ0n) is 8.53. The van der Waals surface area contributed by atoms with Gasteiger partial charge in [0, 0.05) is 19.6 Å². The van der Waals surface area contributed by atoms with E-state index < -0.39 is 13.0 Å². The first-order chi connectivity index (χ1) is 7.15. The summed E-state index contributed by atoms with van der Waals surface area (Å²) in [5, 5.41) is 8.68. The second kappa shape index (κ2) is 5.85. The zero-order valence-corrected chi connectivity index (χ0v) is 8.53. The Morgan fingerprint density at radius 1 is 1.40 bits per heavy atom. The minimum absolute atomic E-state index is 0.0281. The van der Waals surface area contributed by atoms with E-state index in [1.165, 1.54) is 0 Å². The lowest BCUT2D eigenvalue weighted by Crippen LogP contribution is -2.45. The van der Waals surface area contributed by atoms with Crippen LogP contribution in [0.25, 0.3) is 0 Å². The van der Waals surface area contributed by atoms with Gasteiger partial charge in [0.1, 0.15) is 0 Å². The molecule has 6 heteroatoms. The van der Waals surface area contributed by atoms with E-state index in [4.69, 9.17) is 5.11 Å². The molecule has 0 saturated carbocycles. The Balaban J connectivity index is 2.49. The first-order valence-electron chi connectivity index (χ1n) is 5.08. The molecule has 0 aromatic heterocycles. The Morgan fingerprint density at radius 2 is 2.00 bits per heavy atom. The quantitative estimate of drug-likeness (QED) is 0.763. The summed E-state index contributed by atoms with van der Waals surface area (Å²) in [6, 6.07) is -0.387. The van der Waals surface area contributed by atoms with Crippen LogP contribution in [0.5, 0.6) is 0 Å². The van der Waals surface area contributed by atoms with Crippen molar-refractivity contribution in [3.63, 3.8) is 0 Å². The largest absolute Gasteiger partial charge is 0.395 e. The molecule has 0 aliphatic carbocycles. The van der Waals surface area contributed by atoms with Crippen LogP contribution >= 0.6 is 0 Å². The molecule has 1 saturated heterocycles. The lowest BCUT2D eigenvalue weighted by Gasteiger charge is -2.26. The molecular formula is C9H16F2N2O2. The molecule has 1 aliphatic heterocycles. The molecule has 0 aromatic rings. The number of carbonyl (C=O) groups is 1. The van der Waals surface area contributed by atoms with Gasteiger partial charge >= 0.3 is 6.03 Å². The van der Waals surface area contributed by atoms with Crippen molar-refractivity contribution < 1.29 is 18.7 Å². The van der Waals surface area contributed by atoms with Gasteiger partial charge in [-0.05, 0) is 12.8 Å². The smallest absolute Gasteiger partial charge is 0.320 e. The number of halogens is 2. The van der Waals surface area contributed by atoms with Crippen LogP contribution in [0.3, 0.4) is 0 Å². The van der Waals surface area contributed by atoms with E-state index in [0.717, 1.165) is 17.7 Å². The monoisotopic (exact) mass is 222 g/mol. The molecular weight excluding hydrogens is 206 g/mol. The van der Waals surface area contributed by atoms with Crippen molar-refractivity contribution in [1.29, 1.82) is 0 Å². The van der Waals surface area contributed by atoms with Gasteiger partial charge in [0.05, 0.1) is 13.2 Å². The maximum Gasteiger partial charge on any atom is 0.320 e. The van der Waals surface area contributed by atoms with E-state index in [1.54, 1.807) is 4.90 Å². The summed E-state index contributed by atoms with van der Waals surface area (Å²) in [7, 11) is 0. The SMILES string of the molecule is O=C(N1CCCC1)N(CCO)CC(F)F. The first kappa shape index (κ1) is 12.2. The van der Waals surface area contributed by atoms with Crippen LogP contribution in [-0.4, -0.2) is 60.1 Å². The Bertz CT molecular complexity index is 208. The Labute approximate surface area is 87.5 Å². The van der Waals surface area contributed by atoms with Gasteiger partial charge in [-0.3, -0.25) is 0 Å². The summed E-state index contributed by atoms with van der Waals surface area (Å²) < 4.78 is 24.3. The molecule has 1 rings (SSSR count). The van der Waals surface area contributed by atoms with Crippen molar-refractivity contribution in [1.82, 2.24) is 9.80 Å². The molecule has 1 heterocycles. The van der Waals surface area contributed by atoms with Gasteiger partial charge < -0.3 is 14.9 Å². The van der Waals surface area contributed by atoms with E-state index in [-0.39, 0.29) is 19.2 Å². The number of rotatable bonds is 4. The highest BCUT2D eigenvalue weighted by Crippen LogP contribution is 2.11. The molecule has 0 aromatic carbocycles. The van der Waals surface area contributed by atoms with Gasteiger partial charge in [0.15, 0.2) is 0 Å². The first-order valence-corrected chi connectivity index (χ1v) is 5.08. The van der Waals surface area contributed by atoms with Gasteiger partial charge in [-0.25, -0.2) is 13.6 Å². The van der Waals surface area contributed by atoms with E-state index in [1.807, 2.05) is 0 Å². The van der Waals surface area contributed by atoms with E-state index in [0.29, 0.717) is 13.1 Å². The topological polar surface area (TPSA) is 43.8 Å². The third kappa shape index (κ3) is 3.62. The lowest BCUT2D eigenvalue weighted by molar-refractivity contribution is 0.0796. The average molecular weight is 222 g/mol. The van der Waals surface area contributed by atoms with Crippen molar-refractivity contribution in [3.05, 3.63) is 0 Å². The standard InChI is InChI=1S/C9H16F2N2O2/c10-8(11)7-13(5-6-14)9(15)12-3-1-2-4-12/h8,14H,1-7H2. The van der Waals surface area contributed by atoms with Crippen LogP contribution in [0.1, 0.15) is 12.8 Å². The summed E-state index contributed by atoms with van der Waals surface area (Å²) in [6.45, 7) is 0.343. The van der Waals surface area contributed by atoms with Crippen LogP contribution in [-0.2, 0) is 0 Å². The van der Waals surface area contributed by atoms with Crippen molar-refractivity contribution in [3.8, 4) is 0 Å². The van der Waals surface area contributed by atoms with Crippen molar-refractivity contribution >= 4 is 6.03 Å². The van der Waals surface area contributed by atoms with Crippen LogP contribution in [0.15, 0.2) is 0 Å². The number of urea groups is 1. The highest BCUT2D eigenvalue weighted by atomic mass is 19.3. The van der Waals surface area contributed by atoms with Crippen LogP contribution < -0.4 is 0 Å². The fraction of sp³-hybridized carbons (Fsp3) is 0.889. The van der Waals surface area contributed by atoms with E-state index in [2.05, 4.69) is 0 Å². The summed E-state index contributed by atoms with van der Waals surface area (Å²) >= 11 is 0. The highest BCUT2D eigenvalue weighted by Gasteiger charge is 2.25. The molecule has 0 bridgehead atoms. The third-order valence-corrected chi connectivity index (χ3v) is 2.38. The highest BCUT2D eigenvalue weighted by molar-refractivity contribution is 5.74. The number of nitrogens with zero attached hydrogens (tertiary/aromatic N) is 2. The number of hydrogen-bond acceptors (Lipinski definition) is 2. The fourth-order valence-corrected chi connectivity index (χ4v) is 1.66. The predicted molar refractivity (Wildman–Crippen MR) is 50.9 cm³/mol. The average Bonchev–Trinajstić information content (AvgIpc) is 2.68. The van der Waals surface area contributed by atoms with Gasteiger partial charge in [-0.2, -0.15) is 0 Å². The molecule has 88 valence electrons. The number of aliphatic hydroxyl groups is 1. The van der Waals surface area contributed by atoms with Crippen molar-refractivity contribution in [2.24, 2.45) is 0 Å². The van der Waals surface area contributed by atoms with Crippen molar-refractivity contribution in [2.45, 2.75) is 19.3 Å². The second-order valence-electron chi connectivity index (χ2n) is 3.54. The predicted octanol–water partition coefficient (Wildman–Crippen LogP) is 0.762. The molecule has 0 radical (unpaired) electrons. The number of amides is 2. The number of aliphatic hydroxyl groups excluding tert-OH is 1. The minimum atomic E-state index is -2.55. The third-order valence-electron chi connectivity index (χ3n) is 2.38. The normalized spacial score (nSPS) is 16.1. The van der Waals surface area contributed by atoms with Crippen LogP contribution in [0.2, 0.25) is 0 Å². The molecule has 0 atom stereocenters. The molecule has 1 fully saturated rings. The molecule has 2 amide bonds. The maximum atomic E-state index is 12.2. The summed E-state index contributed by atoms with van der Waals surface area (Å²) in [4.78, 5) is 14.2. The Kier molecular flexibility index (Phi) is 4.74. The number of likely N-dealkylation sites (tertiary alicyclic amines) is 1. The molecule has 4 nitrogen and oxygen atoms in total. The lowest BCUT2D eigenvalue weighted by atomic mass is 10.4. The summed E-state index contributed by atoms with van der Waals surface area (Å²) in [5.41, 5.74) is 0. The second-order valence-corrected chi connectivity index (χ2v) is 3.54. The zero-order chi connectivity index (χ0) is 11.3. The number of hydrogen-bond donors (Lipinski definition) is 1. The number of alkyl halides is 2. The molecule has 15 heavy (non-hydrogen) atoms. The molecule has 0 unspecified atom stereocenters. The summed E-state index contributed by atoms with van der Waals surface area (Å²) in [6.07, 6.45) is -0.705. The minimum Gasteiger partial charge on any atom is -0.395 e. The molecule has 0 spiro atoms. The van der Waals surface area contributed by atoms with Gasteiger partial charge in [0.2, 0.25) is 0 Å². The van der Waals surface area contributed by atoms with E-state index in [9.17, 15) is 13.6 Å². The Hall–Kier alpha value is -0.910. The van der Waals surface area contributed by atoms with Gasteiger partial charge in [0.25, 0.3) is 6.43 Å². The fourth-order valence-electron chi connectivity index (χ4n) is 1.66. The van der Waals surface area contributed by atoms with Crippen LogP contribution in [0, 0.1) is 0 Å². The number of carbonyl (C=O) groups excluding carboxylic acids is 1. The van der Waals surface area contributed by atoms with E-state index >= 15 is 0 Å². The summed E-state index contributed by atoms with van der Waals surface area (Å²) in [5.74, 6) is 0. The molecule has 1 N–H and O–H groups in total. The van der Waals surface area contributed by atoms with Gasteiger partial charge in [-0.1, -0.05) is 0 Å². The Morgan fingerprint density at radius 3 is 2.47 bits per heavy atom.